The van der Waals surface area contributed by atoms with Crippen LogP contribution in [0.15, 0.2) is 0 Å². The molecular formula is C12H22N2O3. The van der Waals surface area contributed by atoms with Gasteiger partial charge in [0.15, 0.2) is 0 Å². The summed E-state index contributed by atoms with van der Waals surface area (Å²) in [7, 11) is 0. The number of ether oxygens (including phenoxy) is 1. The Morgan fingerprint density at radius 3 is 2.82 bits per heavy atom. The number of hydrogen-bond acceptors (Lipinski definition) is 4. The maximum Gasteiger partial charge on any atom is 0.323 e. The van der Waals surface area contributed by atoms with Gasteiger partial charge in [0, 0.05) is 19.1 Å². The summed E-state index contributed by atoms with van der Waals surface area (Å²) < 4.78 is 5.33. The Morgan fingerprint density at radius 2 is 2.24 bits per heavy atom. The van der Waals surface area contributed by atoms with E-state index in [-0.39, 0.29) is 0 Å². The van der Waals surface area contributed by atoms with Crippen molar-refractivity contribution in [2.45, 2.75) is 37.8 Å². The average Bonchev–Trinajstić information content (AvgIpc) is 2.76. The summed E-state index contributed by atoms with van der Waals surface area (Å²) in [5.41, 5.74) is -0.697. The lowest BCUT2D eigenvalue weighted by atomic mass is 9.97. The lowest BCUT2D eigenvalue weighted by Gasteiger charge is -2.33. The van der Waals surface area contributed by atoms with Crippen LogP contribution >= 0.6 is 0 Å². The van der Waals surface area contributed by atoms with Crippen molar-refractivity contribution in [2.24, 2.45) is 0 Å². The van der Waals surface area contributed by atoms with E-state index in [1.165, 1.54) is 0 Å². The van der Waals surface area contributed by atoms with E-state index in [0.29, 0.717) is 12.6 Å². The molecule has 2 fully saturated rings. The first-order valence-electron chi connectivity index (χ1n) is 6.48. The molecule has 0 aromatic rings. The minimum absolute atomic E-state index is 0.397. The number of hydrogen-bond donors (Lipinski definition) is 2. The van der Waals surface area contributed by atoms with Crippen molar-refractivity contribution >= 4 is 5.97 Å². The Bertz CT molecular complexity index is 279. The fourth-order valence-electron chi connectivity index (χ4n) is 3.04. The first kappa shape index (κ1) is 12.8. The Morgan fingerprint density at radius 1 is 1.53 bits per heavy atom. The van der Waals surface area contributed by atoms with E-state index in [4.69, 9.17) is 4.74 Å². The molecule has 1 aliphatic heterocycles. The summed E-state index contributed by atoms with van der Waals surface area (Å²) in [4.78, 5) is 13.8. The van der Waals surface area contributed by atoms with Gasteiger partial charge >= 0.3 is 5.97 Å². The van der Waals surface area contributed by atoms with Crippen molar-refractivity contribution in [2.75, 3.05) is 32.8 Å². The highest BCUT2D eigenvalue weighted by Crippen LogP contribution is 2.33. The highest BCUT2D eigenvalue weighted by atomic mass is 16.5. The smallest absolute Gasteiger partial charge is 0.323 e. The molecule has 0 bridgehead atoms. The van der Waals surface area contributed by atoms with Crippen molar-refractivity contribution in [3.8, 4) is 0 Å². The van der Waals surface area contributed by atoms with Gasteiger partial charge in [0.25, 0.3) is 0 Å². The van der Waals surface area contributed by atoms with Crippen LogP contribution in [0, 0.1) is 0 Å². The number of carbonyl (C=O) groups is 1. The number of aliphatic carboxylic acids is 1. The van der Waals surface area contributed by atoms with E-state index in [0.717, 1.165) is 45.6 Å². The van der Waals surface area contributed by atoms with Crippen LogP contribution in [0.4, 0.5) is 0 Å². The first-order chi connectivity index (χ1) is 8.18. The lowest BCUT2D eigenvalue weighted by Crippen LogP contribution is -2.52. The zero-order valence-electron chi connectivity index (χ0n) is 10.4. The van der Waals surface area contributed by atoms with Crippen molar-refractivity contribution in [1.29, 1.82) is 0 Å². The van der Waals surface area contributed by atoms with Crippen LogP contribution in [0.1, 0.15) is 26.2 Å². The molecule has 0 amide bonds. The van der Waals surface area contributed by atoms with E-state index in [2.05, 4.69) is 10.2 Å². The maximum absolute atomic E-state index is 11.4. The molecular weight excluding hydrogens is 220 g/mol. The van der Waals surface area contributed by atoms with Gasteiger partial charge in [-0.1, -0.05) is 6.92 Å². The molecule has 2 N–H and O–H groups in total. The van der Waals surface area contributed by atoms with Crippen LogP contribution in [0.5, 0.6) is 0 Å². The number of nitrogens with zero attached hydrogens (tertiary/aromatic N) is 1. The number of carboxylic acids is 1. The number of rotatable bonds is 4. The standard InChI is InChI=1S/C12H22N2O3/c1-2-13-12(11(15)16)4-3-10(9-12)14-5-7-17-8-6-14/h10,13H,2-9H2,1H3,(H,15,16). The van der Waals surface area contributed by atoms with Crippen LogP contribution in [-0.2, 0) is 9.53 Å². The molecule has 2 aliphatic rings. The van der Waals surface area contributed by atoms with E-state index >= 15 is 0 Å². The van der Waals surface area contributed by atoms with Crippen molar-refractivity contribution in [1.82, 2.24) is 10.2 Å². The zero-order chi connectivity index (χ0) is 12.3. The highest BCUT2D eigenvalue weighted by Gasteiger charge is 2.46. The van der Waals surface area contributed by atoms with E-state index < -0.39 is 11.5 Å². The molecule has 2 atom stereocenters. The average molecular weight is 242 g/mol. The molecule has 0 spiro atoms. The predicted octanol–water partition coefficient (Wildman–Crippen LogP) is 0.304. The monoisotopic (exact) mass is 242 g/mol. The third-order valence-corrected chi connectivity index (χ3v) is 3.98. The number of carboxylic acid groups (broad SMARTS) is 1. The van der Waals surface area contributed by atoms with Gasteiger partial charge in [0.1, 0.15) is 5.54 Å². The van der Waals surface area contributed by atoms with Gasteiger partial charge in [-0.15, -0.1) is 0 Å². The van der Waals surface area contributed by atoms with Gasteiger partial charge in [-0.3, -0.25) is 9.69 Å². The van der Waals surface area contributed by atoms with Crippen LogP contribution in [0.3, 0.4) is 0 Å². The molecule has 0 aromatic carbocycles. The SMILES string of the molecule is CCNC1(C(=O)O)CCC(N2CCOCC2)C1. The minimum atomic E-state index is -0.699. The highest BCUT2D eigenvalue weighted by molar-refractivity contribution is 5.79. The molecule has 1 saturated heterocycles. The summed E-state index contributed by atoms with van der Waals surface area (Å²) >= 11 is 0. The molecule has 0 radical (unpaired) electrons. The molecule has 2 unspecified atom stereocenters. The summed E-state index contributed by atoms with van der Waals surface area (Å²) in [6, 6.07) is 0.397. The molecule has 17 heavy (non-hydrogen) atoms. The first-order valence-corrected chi connectivity index (χ1v) is 6.48. The molecule has 1 aliphatic carbocycles. The summed E-state index contributed by atoms with van der Waals surface area (Å²) in [5.74, 6) is -0.699. The van der Waals surface area contributed by atoms with Crippen molar-refractivity contribution in [3.63, 3.8) is 0 Å². The summed E-state index contributed by atoms with van der Waals surface area (Å²) in [6.45, 7) is 6.10. The lowest BCUT2D eigenvalue weighted by molar-refractivity contribution is -0.144. The molecule has 5 heteroatoms. The number of nitrogens with one attached hydrogen (secondary N) is 1. The number of morpholine rings is 1. The summed E-state index contributed by atoms with van der Waals surface area (Å²) in [5, 5.41) is 12.6. The third kappa shape index (κ3) is 2.61. The molecule has 5 nitrogen and oxygen atoms in total. The van der Waals surface area contributed by atoms with E-state index in [1.54, 1.807) is 0 Å². The maximum atomic E-state index is 11.4. The third-order valence-electron chi connectivity index (χ3n) is 3.98. The van der Waals surface area contributed by atoms with Gasteiger partial charge in [-0.05, 0) is 25.8 Å². The van der Waals surface area contributed by atoms with E-state index in [9.17, 15) is 9.90 Å². The van der Waals surface area contributed by atoms with E-state index in [1.807, 2.05) is 6.92 Å². The van der Waals surface area contributed by atoms with Crippen molar-refractivity contribution in [3.05, 3.63) is 0 Å². The fourth-order valence-corrected chi connectivity index (χ4v) is 3.04. The second-order valence-electron chi connectivity index (χ2n) is 4.96. The molecule has 1 heterocycles. The molecule has 1 saturated carbocycles. The zero-order valence-corrected chi connectivity index (χ0v) is 10.4. The Labute approximate surface area is 102 Å². The van der Waals surface area contributed by atoms with Gasteiger partial charge in [0.05, 0.1) is 13.2 Å². The quantitative estimate of drug-likeness (QED) is 0.742. The van der Waals surface area contributed by atoms with Crippen LogP contribution in [0.25, 0.3) is 0 Å². The summed E-state index contributed by atoms with van der Waals surface area (Å²) in [6.07, 6.45) is 2.42. The topological polar surface area (TPSA) is 61.8 Å². The van der Waals surface area contributed by atoms with Crippen LogP contribution in [-0.4, -0.2) is 60.4 Å². The molecule has 98 valence electrons. The minimum Gasteiger partial charge on any atom is -0.480 e. The van der Waals surface area contributed by atoms with Crippen molar-refractivity contribution < 1.29 is 14.6 Å². The van der Waals surface area contributed by atoms with Crippen LogP contribution < -0.4 is 5.32 Å². The van der Waals surface area contributed by atoms with Gasteiger partial charge in [-0.25, -0.2) is 0 Å². The Balaban J connectivity index is 1.98. The number of likely N-dealkylation sites (N-methyl/N-ethyl adjacent to an activating group) is 1. The van der Waals surface area contributed by atoms with Gasteiger partial charge in [-0.2, -0.15) is 0 Å². The largest absolute Gasteiger partial charge is 0.480 e. The Hall–Kier alpha value is -0.650. The molecule has 2 rings (SSSR count). The normalized spacial score (nSPS) is 35.0. The fraction of sp³-hybridized carbons (Fsp3) is 0.917. The Kier molecular flexibility index (Phi) is 4.01. The van der Waals surface area contributed by atoms with Crippen LogP contribution in [0.2, 0.25) is 0 Å². The predicted molar refractivity (Wildman–Crippen MR) is 64.1 cm³/mol. The van der Waals surface area contributed by atoms with Gasteiger partial charge < -0.3 is 15.2 Å². The van der Waals surface area contributed by atoms with Gasteiger partial charge in [0.2, 0.25) is 0 Å². The second-order valence-corrected chi connectivity index (χ2v) is 4.96. The second kappa shape index (κ2) is 5.33. The molecule has 0 aromatic heterocycles.